The van der Waals surface area contributed by atoms with Gasteiger partial charge in [0.25, 0.3) is 0 Å². The summed E-state index contributed by atoms with van der Waals surface area (Å²) in [5, 5.41) is 0. The third kappa shape index (κ3) is 11.0. The fourth-order valence-electron chi connectivity index (χ4n) is 1.97. The Hall–Kier alpha value is 0.137. The summed E-state index contributed by atoms with van der Waals surface area (Å²) in [6.07, 6.45) is 11.5. The summed E-state index contributed by atoms with van der Waals surface area (Å²) in [4.78, 5) is 0. The average molecular weight is 258 g/mol. The third-order valence-electron chi connectivity index (χ3n) is 3.11. The third-order valence-corrected chi connectivity index (χ3v) is 4.18. The Labute approximate surface area is 108 Å². The molecule has 1 heterocycles. The summed E-state index contributed by atoms with van der Waals surface area (Å²) in [5.41, 5.74) is 0. The molecule has 0 aromatic rings. The summed E-state index contributed by atoms with van der Waals surface area (Å²) in [7, 11) is -1.26. The van der Waals surface area contributed by atoms with Crippen molar-refractivity contribution in [3.8, 4) is 0 Å². The molecule has 0 amide bonds. The van der Waals surface area contributed by atoms with Gasteiger partial charge in [0.15, 0.2) is 8.32 Å². The van der Waals surface area contributed by atoms with Crippen LogP contribution in [0.4, 0.5) is 0 Å². The van der Waals surface area contributed by atoms with Crippen molar-refractivity contribution in [1.82, 2.24) is 0 Å². The van der Waals surface area contributed by atoms with Gasteiger partial charge in [0.1, 0.15) is 0 Å². The van der Waals surface area contributed by atoms with Gasteiger partial charge in [-0.3, -0.25) is 0 Å². The van der Waals surface area contributed by atoms with Crippen LogP contribution in [-0.2, 0) is 9.16 Å². The summed E-state index contributed by atoms with van der Waals surface area (Å²) in [6.45, 7) is 8.79. The summed E-state index contributed by atoms with van der Waals surface area (Å²) in [6, 6.07) is 0. The summed E-state index contributed by atoms with van der Waals surface area (Å²) >= 11 is 0. The van der Waals surface area contributed by atoms with Crippen LogP contribution in [0.15, 0.2) is 0 Å². The van der Waals surface area contributed by atoms with Crippen molar-refractivity contribution in [2.75, 3.05) is 13.2 Å². The molecule has 1 atom stereocenters. The fraction of sp³-hybridized carbons (Fsp3) is 1.00. The normalized spacial score (nSPS) is 19.6. The molecule has 102 valence electrons. The van der Waals surface area contributed by atoms with Gasteiger partial charge in [-0.25, -0.2) is 0 Å². The largest absolute Gasteiger partial charge is 0.418 e. The van der Waals surface area contributed by atoms with Crippen LogP contribution in [0.1, 0.15) is 51.4 Å². The van der Waals surface area contributed by atoms with E-state index in [1.54, 1.807) is 0 Å². The maximum absolute atomic E-state index is 5.83. The highest BCUT2D eigenvalue weighted by Gasteiger charge is 2.20. The van der Waals surface area contributed by atoms with Crippen molar-refractivity contribution in [2.45, 2.75) is 77.1 Å². The Morgan fingerprint density at radius 1 is 0.941 bits per heavy atom. The van der Waals surface area contributed by atoms with Crippen LogP contribution in [0.2, 0.25) is 19.6 Å². The first kappa shape index (κ1) is 15.2. The molecule has 1 saturated heterocycles. The van der Waals surface area contributed by atoms with Crippen molar-refractivity contribution in [3.05, 3.63) is 0 Å². The van der Waals surface area contributed by atoms with Crippen molar-refractivity contribution in [3.63, 3.8) is 0 Å². The molecule has 0 spiro atoms. The van der Waals surface area contributed by atoms with Gasteiger partial charge in [-0.1, -0.05) is 38.5 Å². The maximum atomic E-state index is 5.83. The minimum Gasteiger partial charge on any atom is -0.418 e. The Bertz CT molecular complexity index is 185. The van der Waals surface area contributed by atoms with Gasteiger partial charge in [0.05, 0.1) is 12.7 Å². The first-order valence-electron chi connectivity index (χ1n) is 7.33. The monoisotopic (exact) mass is 258 g/mol. The van der Waals surface area contributed by atoms with E-state index in [9.17, 15) is 0 Å². The predicted octanol–water partition coefficient (Wildman–Crippen LogP) is 4.36. The van der Waals surface area contributed by atoms with E-state index in [0.29, 0.717) is 6.10 Å². The van der Waals surface area contributed by atoms with Crippen LogP contribution in [0.25, 0.3) is 0 Å². The van der Waals surface area contributed by atoms with Crippen molar-refractivity contribution < 1.29 is 9.16 Å². The van der Waals surface area contributed by atoms with Gasteiger partial charge in [0.2, 0.25) is 0 Å². The molecule has 0 aliphatic carbocycles. The molecule has 0 aromatic heterocycles. The van der Waals surface area contributed by atoms with E-state index in [1.807, 2.05) is 0 Å². The zero-order chi connectivity index (χ0) is 12.6. The molecular formula is C14H30O2Si. The molecule has 0 radical (unpaired) electrons. The van der Waals surface area contributed by atoms with Crippen molar-refractivity contribution >= 4 is 8.32 Å². The van der Waals surface area contributed by atoms with Gasteiger partial charge in [0, 0.05) is 6.61 Å². The zero-order valence-electron chi connectivity index (χ0n) is 12.0. The fourth-order valence-corrected chi connectivity index (χ4v) is 2.73. The van der Waals surface area contributed by atoms with Crippen LogP contribution < -0.4 is 0 Å². The Morgan fingerprint density at radius 3 is 2.00 bits per heavy atom. The van der Waals surface area contributed by atoms with Crippen molar-refractivity contribution in [2.24, 2.45) is 0 Å². The van der Waals surface area contributed by atoms with E-state index in [0.717, 1.165) is 13.2 Å². The number of hydrogen-bond acceptors (Lipinski definition) is 2. The zero-order valence-corrected chi connectivity index (χ0v) is 13.0. The molecular weight excluding hydrogens is 228 g/mol. The molecule has 1 fully saturated rings. The Balaban J connectivity index is 1.69. The minimum atomic E-state index is -1.26. The molecule has 3 heteroatoms. The highest BCUT2D eigenvalue weighted by Crippen LogP contribution is 2.18. The lowest BCUT2D eigenvalue weighted by Gasteiger charge is -2.16. The lowest BCUT2D eigenvalue weighted by molar-refractivity contribution is 0.298. The lowest BCUT2D eigenvalue weighted by Crippen LogP contribution is -2.25. The Morgan fingerprint density at radius 2 is 1.47 bits per heavy atom. The second-order valence-corrected chi connectivity index (χ2v) is 10.7. The maximum Gasteiger partial charge on any atom is 0.183 e. The molecule has 0 N–H and O–H groups in total. The predicted molar refractivity (Wildman–Crippen MR) is 76.0 cm³/mol. The van der Waals surface area contributed by atoms with E-state index in [4.69, 9.17) is 9.16 Å². The topological polar surface area (TPSA) is 21.8 Å². The minimum absolute atomic E-state index is 0.633. The number of rotatable bonds is 11. The summed E-state index contributed by atoms with van der Waals surface area (Å²) < 4.78 is 11.0. The number of epoxide rings is 1. The molecule has 17 heavy (non-hydrogen) atoms. The number of hydrogen-bond donors (Lipinski definition) is 0. The molecule has 1 aliphatic rings. The molecule has 1 unspecified atom stereocenters. The summed E-state index contributed by atoms with van der Waals surface area (Å²) in [5.74, 6) is 0. The van der Waals surface area contributed by atoms with Gasteiger partial charge in [-0.05, 0) is 32.5 Å². The van der Waals surface area contributed by atoms with Crippen LogP contribution in [-0.4, -0.2) is 27.6 Å². The molecule has 0 saturated carbocycles. The van der Waals surface area contributed by atoms with Crippen LogP contribution in [0.3, 0.4) is 0 Å². The van der Waals surface area contributed by atoms with Crippen molar-refractivity contribution in [1.29, 1.82) is 0 Å². The van der Waals surface area contributed by atoms with E-state index < -0.39 is 8.32 Å². The van der Waals surface area contributed by atoms with E-state index in [1.165, 1.54) is 51.4 Å². The molecule has 1 aliphatic heterocycles. The first-order valence-corrected chi connectivity index (χ1v) is 10.7. The molecule has 0 bridgehead atoms. The van der Waals surface area contributed by atoms with Crippen LogP contribution >= 0.6 is 0 Å². The van der Waals surface area contributed by atoms with E-state index >= 15 is 0 Å². The Kier molecular flexibility index (Phi) is 7.40. The van der Waals surface area contributed by atoms with Gasteiger partial charge in [-0.2, -0.15) is 0 Å². The van der Waals surface area contributed by atoms with Gasteiger partial charge in [-0.15, -0.1) is 0 Å². The van der Waals surface area contributed by atoms with Crippen LogP contribution in [0, 0.1) is 0 Å². The second-order valence-electron chi connectivity index (χ2n) is 6.18. The second kappa shape index (κ2) is 8.28. The van der Waals surface area contributed by atoms with Gasteiger partial charge >= 0.3 is 0 Å². The lowest BCUT2D eigenvalue weighted by atomic mass is 10.1. The standard InChI is InChI=1S/C14H30O2Si/c1-17(2,3)16-12-10-8-6-4-5-7-9-11-14-13-15-14/h14H,4-13H2,1-3H3. The quantitative estimate of drug-likeness (QED) is 0.312. The number of ether oxygens (including phenoxy) is 1. The van der Waals surface area contributed by atoms with E-state index in [2.05, 4.69) is 19.6 Å². The smallest absolute Gasteiger partial charge is 0.183 e. The SMILES string of the molecule is C[Si](C)(C)OCCCCCCCCCC1CO1. The molecule has 0 aromatic carbocycles. The highest BCUT2D eigenvalue weighted by molar-refractivity contribution is 6.69. The van der Waals surface area contributed by atoms with Gasteiger partial charge < -0.3 is 9.16 Å². The average Bonchev–Trinajstić information content (AvgIpc) is 3.03. The van der Waals surface area contributed by atoms with E-state index in [-0.39, 0.29) is 0 Å². The van der Waals surface area contributed by atoms with Crippen LogP contribution in [0.5, 0.6) is 0 Å². The molecule has 2 nitrogen and oxygen atoms in total. The highest BCUT2D eigenvalue weighted by atomic mass is 28.4. The first-order chi connectivity index (χ1) is 8.08. The molecule has 1 rings (SSSR count). The number of unbranched alkanes of at least 4 members (excludes halogenated alkanes) is 6.